The van der Waals surface area contributed by atoms with Crippen LogP contribution in [0.1, 0.15) is 18.9 Å². The zero-order chi connectivity index (χ0) is 21.8. The summed E-state index contributed by atoms with van der Waals surface area (Å²) in [4.78, 5) is 31.7. The Labute approximate surface area is 184 Å². The molecule has 2 aromatic rings. The number of methoxy groups -OCH3 is 1. The van der Waals surface area contributed by atoms with Crippen LogP contribution >= 0.6 is 11.8 Å². The average Bonchev–Trinajstić information content (AvgIpc) is 3.24. The molecule has 0 spiro atoms. The van der Waals surface area contributed by atoms with Crippen molar-refractivity contribution in [2.24, 2.45) is 4.99 Å². The first-order chi connectivity index (χ1) is 15.1. The Morgan fingerprint density at radius 3 is 2.74 bits per heavy atom. The maximum absolute atomic E-state index is 13.0. The van der Waals surface area contributed by atoms with Gasteiger partial charge in [-0.2, -0.15) is 0 Å². The number of nitrogens with one attached hydrogen (secondary N) is 1. The number of ether oxygens (including phenoxy) is 3. The number of amides is 2. The van der Waals surface area contributed by atoms with Crippen molar-refractivity contribution in [1.29, 1.82) is 0 Å². The van der Waals surface area contributed by atoms with Gasteiger partial charge in [0.15, 0.2) is 16.7 Å². The fourth-order valence-electron chi connectivity index (χ4n) is 3.27. The number of carbonyl (C=O) groups excluding carboxylic acids is 2. The maximum atomic E-state index is 13.0. The van der Waals surface area contributed by atoms with E-state index in [0.29, 0.717) is 41.2 Å². The van der Waals surface area contributed by atoms with Crippen molar-refractivity contribution >= 4 is 34.4 Å². The van der Waals surface area contributed by atoms with Crippen LogP contribution in [0.4, 0.5) is 5.69 Å². The molecule has 9 heteroatoms. The minimum atomic E-state index is -0.516. The number of rotatable bonds is 6. The maximum Gasteiger partial charge on any atom is 0.234 e. The molecule has 2 aliphatic heterocycles. The number of benzene rings is 2. The lowest BCUT2D eigenvalue weighted by Crippen LogP contribution is -2.46. The largest absolute Gasteiger partial charge is 0.497 e. The summed E-state index contributed by atoms with van der Waals surface area (Å²) < 4.78 is 16.0. The SMILES string of the molecule is CCNC(=O)C1CC(=O)N(Cc2ccc3c(c2)OCO3)C(=Nc2ccc(OC)cc2)S1. The number of aliphatic imine (C=N–C) groups is 1. The number of thioether (sulfide) groups is 1. The Morgan fingerprint density at radius 2 is 2.00 bits per heavy atom. The lowest BCUT2D eigenvalue weighted by molar-refractivity contribution is -0.130. The standard InChI is InChI=1S/C22H23N3O5S/c1-3-23-21(27)19-11-20(26)25(12-14-4-9-17-18(10-14)30-13-29-17)22(31-19)24-15-5-7-16(28-2)8-6-15/h4-10,19H,3,11-13H2,1-2H3,(H,23,27). The van der Waals surface area contributed by atoms with Crippen molar-refractivity contribution in [1.82, 2.24) is 10.2 Å². The van der Waals surface area contributed by atoms with Crippen molar-refractivity contribution in [2.75, 3.05) is 20.4 Å². The summed E-state index contributed by atoms with van der Waals surface area (Å²) in [6.07, 6.45) is 0.114. The first-order valence-electron chi connectivity index (χ1n) is 9.93. The molecular weight excluding hydrogens is 418 g/mol. The summed E-state index contributed by atoms with van der Waals surface area (Å²) in [5, 5.41) is 2.76. The Bertz CT molecular complexity index is 1010. The molecule has 8 nitrogen and oxygen atoms in total. The zero-order valence-corrected chi connectivity index (χ0v) is 18.1. The van der Waals surface area contributed by atoms with Gasteiger partial charge in [-0.1, -0.05) is 17.8 Å². The van der Waals surface area contributed by atoms with E-state index in [4.69, 9.17) is 14.2 Å². The molecule has 1 fully saturated rings. The second kappa shape index (κ2) is 9.30. The molecule has 2 aliphatic rings. The van der Waals surface area contributed by atoms with Crippen molar-refractivity contribution in [3.63, 3.8) is 0 Å². The van der Waals surface area contributed by atoms with Crippen LogP contribution in [0.15, 0.2) is 47.5 Å². The Kier molecular flexibility index (Phi) is 6.31. The predicted molar refractivity (Wildman–Crippen MR) is 118 cm³/mol. The summed E-state index contributed by atoms with van der Waals surface area (Å²) >= 11 is 1.30. The fourth-order valence-corrected chi connectivity index (χ4v) is 4.40. The summed E-state index contributed by atoms with van der Waals surface area (Å²) in [7, 11) is 1.60. The molecule has 1 N–H and O–H groups in total. The van der Waals surface area contributed by atoms with Crippen molar-refractivity contribution < 1.29 is 23.8 Å². The minimum absolute atomic E-state index is 0.114. The molecular formula is C22H23N3O5S. The summed E-state index contributed by atoms with van der Waals surface area (Å²) in [6, 6.07) is 12.8. The minimum Gasteiger partial charge on any atom is -0.497 e. The molecule has 0 aromatic heterocycles. The van der Waals surface area contributed by atoms with Crippen LogP contribution in [0.2, 0.25) is 0 Å². The van der Waals surface area contributed by atoms with Gasteiger partial charge in [-0.15, -0.1) is 0 Å². The Balaban J connectivity index is 1.62. The summed E-state index contributed by atoms with van der Waals surface area (Å²) in [6.45, 7) is 2.87. The third-order valence-electron chi connectivity index (χ3n) is 4.86. The van der Waals surface area contributed by atoms with Gasteiger partial charge in [0, 0.05) is 13.0 Å². The molecule has 0 saturated carbocycles. The van der Waals surface area contributed by atoms with Gasteiger partial charge < -0.3 is 19.5 Å². The first kappa shape index (κ1) is 21.0. The fraction of sp³-hybridized carbons (Fsp3) is 0.318. The van der Waals surface area contributed by atoms with Gasteiger partial charge in [0.05, 0.1) is 24.6 Å². The van der Waals surface area contributed by atoms with Crippen molar-refractivity contribution in [3.05, 3.63) is 48.0 Å². The van der Waals surface area contributed by atoms with Gasteiger partial charge in [-0.05, 0) is 48.9 Å². The predicted octanol–water partition coefficient (Wildman–Crippen LogP) is 3.08. The molecule has 0 radical (unpaired) electrons. The molecule has 4 rings (SSSR count). The van der Waals surface area contributed by atoms with E-state index in [2.05, 4.69) is 10.3 Å². The third-order valence-corrected chi connectivity index (χ3v) is 6.05. The van der Waals surface area contributed by atoms with Crippen LogP contribution < -0.4 is 19.5 Å². The second-order valence-corrected chi connectivity index (χ2v) is 8.13. The smallest absolute Gasteiger partial charge is 0.234 e. The van der Waals surface area contributed by atoms with E-state index in [1.54, 1.807) is 24.1 Å². The average molecular weight is 442 g/mol. The molecule has 2 amide bonds. The van der Waals surface area contributed by atoms with Gasteiger partial charge in [-0.25, -0.2) is 4.99 Å². The Morgan fingerprint density at radius 1 is 1.23 bits per heavy atom. The van der Waals surface area contributed by atoms with Crippen molar-refractivity contribution in [3.8, 4) is 17.2 Å². The van der Waals surface area contributed by atoms with Crippen LogP contribution in [-0.2, 0) is 16.1 Å². The Hall–Kier alpha value is -3.20. The van der Waals surface area contributed by atoms with Crippen LogP contribution in [0.3, 0.4) is 0 Å². The number of amidine groups is 1. The van der Waals surface area contributed by atoms with E-state index in [1.807, 2.05) is 37.3 Å². The zero-order valence-electron chi connectivity index (χ0n) is 17.3. The normalized spacial score (nSPS) is 18.9. The highest BCUT2D eigenvalue weighted by Gasteiger charge is 2.36. The molecule has 2 heterocycles. The molecule has 162 valence electrons. The van der Waals surface area contributed by atoms with Gasteiger partial charge in [0.2, 0.25) is 18.6 Å². The topological polar surface area (TPSA) is 89.5 Å². The van der Waals surface area contributed by atoms with Crippen LogP contribution in [0.25, 0.3) is 0 Å². The molecule has 0 aliphatic carbocycles. The summed E-state index contributed by atoms with van der Waals surface area (Å²) in [5.74, 6) is 1.75. The van der Waals surface area contributed by atoms with Gasteiger partial charge in [0.1, 0.15) is 5.75 Å². The van der Waals surface area contributed by atoms with Crippen molar-refractivity contribution in [2.45, 2.75) is 25.1 Å². The lowest BCUT2D eigenvalue weighted by atomic mass is 10.1. The number of hydrogen-bond acceptors (Lipinski definition) is 7. The number of carbonyl (C=O) groups is 2. The van der Waals surface area contributed by atoms with Crippen LogP contribution in [-0.4, -0.2) is 47.6 Å². The van der Waals surface area contributed by atoms with E-state index >= 15 is 0 Å². The third kappa shape index (κ3) is 4.77. The molecule has 1 saturated heterocycles. The highest BCUT2D eigenvalue weighted by molar-refractivity contribution is 8.15. The highest BCUT2D eigenvalue weighted by atomic mass is 32.2. The molecule has 1 unspecified atom stereocenters. The van der Waals surface area contributed by atoms with E-state index in [-0.39, 0.29) is 25.0 Å². The monoisotopic (exact) mass is 441 g/mol. The number of fused-ring (bicyclic) bond motifs is 1. The van der Waals surface area contributed by atoms with Crippen LogP contribution in [0, 0.1) is 0 Å². The van der Waals surface area contributed by atoms with E-state index in [0.717, 1.165) is 5.56 Å². The molecule has 0 bridgehead atoms. The highest BCUT2D eigenvalue weighted by Crippen LogP contribution is 2.35. The second-order valence-electron chi connectivity index (χ2n) is 6.97. The van der Waals surface area contributed by atoms with E-state index in [1.165, 1.54) is 11.8 Å². The number of hydrogen-bond donors (Lipinski definition) is 1. The van der Waals surface area contributed by atoms with Gasteiger partial charge in [0.25, 0.3) is 0 Å². The summed E-state index contributed by atoms with van der Waals surface area (Å²) in [5.41, 5.74) is 1.56. The first-order valence-corrected chi connectivity index (χ1v) is 10.8. The quantitative estimate of drug-likeness (QED) is 0.741. The van der Waals surface area contributed by atoms with Gasteiger partial charge in [-0.3, -0.25) is 14.5 Å². The lowest BCUT2D eigenvalue weighted by Gasteiger charge is -2.31. The van der Waals surface area contributed by atoms with Gasteiger partial charge >= 0.3 is 0 Å². The van der Waals surface area contributed by atoms with Crippen LogP contribution in [0.5, 0.6) is 17.2 Å². The molecule has 2 aromatic carbocycles. The number of nitrogens with zero attached hydrogens (tertiary/aromatic N) is 2. The molecule has 31 heavy (non-hydrogen) atoms. The van der Waals surface area contributed by atoms with E-state index < -0.39 is 5.25 Å². The molecule has 1 atom stereocenters. The van der Waals surface area contributed by atoms with E-state index in [9.17, 15) is 9.59 Å².